The molecule has 0 bridgehead atoms. The molecule has 1 aliphatic heterocycles. The summed E-state index contributed by atoms with van der Waals surface area (Å²) in [5, 5.41) is 37.0. The van der Waals surface area contributed by atoms with Gasteiger partial charge in [0.05, 0.1) is 6.10 Å². The molecule has 2 unspecified atom stereocenters. The van der Waals surface area contributed by atoms with Crippen molar-refractivity contribution in [3.05, 3.63) is 0 Å². The maximum absolute atomic E-state index is 9.45. The third-order valence-corrected chi connectivity index (χ3v) is 2.28. The Morgan fingerprint density at radius 3 is 1.92 bits per heavy atom. The Bertz CT molecular complexity index is 172. The van der Waals surface area contributed by atoms with Crippen molar-refractivity contribution in [1.29, 1.82) is 0 Å². The lowest BCUT2D eigenvalue weighted by atomic mass is 9.92. The van der Waals surface area contributed by atoms with Crippen LogP contribution in [0.4, 0.5) is 0 Å². The maximum atomic E-state index is 9.45. The molecule has 0 aromatic rings. The molecule has 78 valence electrons. The largest absolute Gasteiger partial charge is 0.388 e. The molecule has 0 aliphatic carbocycles. The van der Waals surface area contributed by atoms with Gasteiger partial charge >= 0.3 is 0 Å². The van der Waals surface area contributed by atoms with E-state index in [-0.39, 0.29) is 5.92 Å². The highest BCUT2D eigenvalue weighted by atomic mass is 16.6. The third kappa shape index (κ3) is 2.00. The summed E-state index contributed by atoms with van der Waals surface area (Å²) in [4.78, 5) is 0. The SMILES string of the molecule is CC(C)C1OC(O)[C@H](O)[C@@H](O)[C@@H]1O. The average molecular weight is 192 g/mol. The molecule has 0 amide bonds. The Morgan fingerprint density at radius 2 is 1.46 bits per heavy atom. The van der Waals surface area contributed by atoms with Gasteiger partial charge in [0.2, 0.25) is 0 Å². The minimum Gasteiger partial charge on any atom is -0.388 e. The number of hydrogen-bond acceptors (Lipinski definition) is 5. The summed E-state index contributed by atoms with van der Waals surface area (Å²) in [7, 11) is 0. The van der Waals surface area contributed by atoms with Crippen molar-refractivity contribution in [2.24, 2.45) is 5.92 Å². The second-order valence-corrected chi connectivity index (χ2v) is 3.71. The first-order valence-electron chi connectivity index (χ1n) is 4.33. The van der Waals surface area contributed by atoms with Crippen LogP contribution in [0.5, 0.6) is 0 Å². The van der Waals surface area contributed by atoms with Gasteiger partial charge < -0.3 is 25.2 Å². The van der Waals surface area contributed by atoms with Crippen LogP contribution in [0.2, 0.25) is 0 Å². The van der Waals surface area contributed by atoms with E-state index in [0.717, 1.165) is 0 Å². The lowest BCUT2D eigenvalue weighted by Crippen LogP contribution is -2.58. The summed E-state index contributed by atoms with van der Waals surface area (Å²) in [5.74, 6) is -0.0354. The van der Waals surface area contributed by atoms with Crippen molar-refractivity contribution in [2.45, 2.75) is 44.6 Å². The number of aliphatic hydroxyl groups is 4. The Labute approximate surface area is 76.6 Å². The van der Waals surface area contributed by atoms with E-state index in [9.17, 15) is 10.2 Å². The summed E-state index contributed by atoms with van der Waals surface area (Å²) in [5.41, 5.74) is 0. The summed E-state index contributed by atoms with van der Waals surface area (Å²) < 4.78 is 4.94. The van der Waals surface area contributed by atoms with E-state index in [1.165, 1.54) is 0 Å². The maximum Gasteiger partial charge on any atom is 0.183 e. The monoisotopic (exact) mass is 192 g/mol. The summed E-state index contributed by atoms with van der Waals surface area (Å²) in [6.45, 7) is 3.59. The van der Waals surface area contributed by atoms with E-state index in [0.29, 0.717) is 0 Å². The second-order valence-electron chi connectivity index (χ2n) is 3.71. The molecule has 1 aliphatic rings. The van der Waals surface area contributed by atoms with Crippen LogP contribution in [0.25, 0.3) is 0 Å². The van der Waals surface area contributed by atoms with Crippen LogP contribution in [0.1, 0.15) is 13.8 Å². The molecule has 5 nitrogen and oxygen atoms in total. The zero-order chi connectivity index (χ0) is 10.2. The van der Waals surface area contributed by atoms with E-state index in [4.69, 9.17) is 14.9 Å². The van der Waals surface area contributed by atoms with E-state index in [1.54, 1.807) is 13.8 Å². The third-order valence-electron chi connectivity index (χ3n) is 2.28. The first kappa shape index (κ1) is 10.9. The van der Waals surface area contributed by atoms with Crippen LogP contribution in [-0.4, -0.2) is 51.1 Å². The number of aliphatic hydroxyl groups excluding tert-OH is 4. The quantitative estimate of drug-likeness (QED) is 0.403. The van der Waals surface area contributed by atoms with Crippen molar-refractivity contribution < 1.29 is 25.2 Å². The van der Waals surface area contributed by atoms with Crippen LogP contribution in [-0.2, 0) is 4.74 Å². The zero-order valence-corrected chi connectivity index (χ0v) is 7.66. The molecule has 0 aromatic carbocycles. The lowest BCUT2D eigenvalue weighted by Gasteiger charge is -2.40. The molecule has 4 N–H and O–H groups in total. The lowest BCUT2D eigenvalue weighted by molar-refractivity contribution is -0.289. The minimum absolute atomic E-state index is 0.0354. The Balaban J connectivity index is 2.70. The fraction of sp³-hybridized carbons (Fsp3) is 1.00. The van der Waals surface area contributed by atoms with Crippen LogP contribution < -0.4 is 0 Å². The topological polar surface area (TPSA) is 90.2 Å². The molecule has 1 fully saturated rings. The van der Waals surface area contributed by atoms with Crippen molar-refractivity contribution in [2.75, 3.05) is 0 Å². The smallest absolute Gasteiger partial charge is 0.183 e. The first-order valence-corrected chi connectivity index (χ1v) is 4.33. The molecule has 13 heavy (non-hydrogen) atoms. The standard InChI is InChI=1S/C8H16O5/c1-3(2)7-5(10)4(9)6(11)8(12)13-7/h3-12H,1-2H3/t4-,5-,6+,7?,8?/m0/s1. The average Bonchev–Trinajstić information content (AvgIpc) is 2.07. The molecular weight excluding hydrogens is 176 g/mol. The molecule has 0 saturated carbocycles. The van der Waals surface area contributed by atoms with Gasteiger partial charge in [0.1, 0.15) is 18.3 Å². The predicted octanol–water partition coefficient (Wildman–Crippen LogP) is -1.56. The van der Waals surface area contributed by atoms with Crippen molar-refractivity contribution in [3.8, 4) is 0 Å². The fourth-order valence-corrected chi connectivity index (χ4v) is 1.44. The second kappa shape index (κ2) is 3.89. The molecule has 1 heterocycles. The van der Waals surface area contributed by atoms with Gasteiger partial charge in [0.15, 0.2) is 6.29 Å². The van der Waals surface area contributed by atoms with Crippen LogP contribution in [0.15, 0.2) is 0 Å². The van der Waals surface area contributed by atoms with E-state index in [2.05, 4.69) is 0 Å². The number of rotatable bonds is 1. The Morgan fingerprint density at radius 1 is 0.923 bits per heavy atom. The Kier molecular flexibility index (Phi) is 3.26. The summed E-state index contributed by atoms with van der Waals surface area (Å²) in [6, 6.07) is 0. The van der Waals surface area contributed by atoms with Gasteiger partial charge in [-0.3, -0.25) is 0 Å². The molecule has 0 aromatic heterocycles. The van der Waals surface area contributed by atoms with E-state index < -0.39 is 30.7 Å². The normalized spacial score (nSPS) is 46.8. The molecule has 0 spiro atoms. The van der Waals surface area contributed by atoms with Gasteiger partial charge in [-0.15, -0.1) is 0 Å². The molecule has 1 rings (SSSR count). The van der Waals surface area contributed by atoms with Crippen LogP contribution in [0, 0.1) is 5.92 Å². The fourth-order valence-electron chi connectivity index (χ4n) is 1.44. The highest BCUT2D eigenvalue weighted by Crippen LogP contribution is 2.24. The van der Waals surface area contributed by atoms with E-state index in [1.807, 2.05) is 0 Å². The molecule has 0 radical (unpaired) electrons. The zero-order valence-electron chi connectivity index (χ0n) is 7.66. The van der Waals surface area contributed by atoms with E-state index >= 15 is 0 Å². The van der Waals surface area contributed by atoms with Gasteiger partial charge in [-0.25, -0.2) is 0 Å². The minimum atomic E-state index is -1.44. The first-order chi connectivity index (χ1) is 5.95. The Hall–Kier alpha value is -0.200. The molecule has 5 atom stereocenters. The summed E-state index contributed by atoms with van der Waals surface area (Å²) >= 11 is 0. The van der Waals surface area contributed by atoms with Crippen molar-refractivity contribution in [3.63, 3.8) is 0 Å². The number of hydrogen-bond donors (Lipinski definition) is 4. The van der Waals surface area contributed by atoms with Gasteiger partial charge in [-0.1, -0.05) is 13.8 Å². The predicted molar refractivity (Wildman–Crippen MR) is 43.7 cm³/mol. The van der Waals surface area contributed by atoms with Gasteiger partial charge in [0, 0.05) is 0 Å². The summed E-state index contributed by atoms with van der Waals surface area (Å²) in [6.07, 6.45) is -6.02. The van der Waals surface area contributed by atoms with Gasteiger partial charge in [-0.2, -0.15) is 0 Å². The highest BCUT2D eigenvalue weighted by Gasteiger charge is 2.43. The van der Waals surface area contributed by atoms with Gasteiger partial charge in [-0.05, 0) is 5.92 Å². The van der Waals surface area contributed by atoms with Crippen molar-refractivity contribution >= 4 is 0 Å². The van der Waals surface area contributed by atoms with Crippen molar-refractivity contribution in [1.82, 2.24) is 0 Å². The van der Waals surface area contributed by atoms with Crippen LogP contribution >= 0.6 is 0 Å². The highest BCUT2D eigenvalue weighted by molar-refractivity contribution is 4.89. The van der Waals surface area contributed by atoms with Gasteiger partial charge in [0.25, 0.3) is 0 Å². The molecular formula is C8H16O5. The van der Waals surface area contributed by atoms with Crippen LogP contribution in [0.3, 0.4) is 0 Å². The molecule has 1 saturated heterocycles. The molecule has 5 heteroatoms. The number of ether oxygens (including phenoxy) is 1.